The zero-order chi connectivity index (χ0) is 29.4. The van der Waals surface area contributed by atoms with Gasteiger partial charge in [0.15, 0.2) is 0 Å². The summed E-state index contributed by atoms with van der Waals surface area (Å²) in [6.07, 6.45) is -5.96. The predicted octanol–water partition coefficient (Wildman–Crippen LogP) is 5.25. The summed E-state index contributed by atoms with van der Waals surface area (Å²) < 4.78 is 85.1. The molecule has 0 spiro atoms. The lowest BCUT2D eigenvalue weighted by molar-refractivity contribution is -0.138. The number of benzene rings is 3. The smallest absolute Gasteiger partial charge is 0.416 e. The van der Waals surface area contributed by atoms with Crippen molar-refractivity contribution in [1.29, 1.82) is 0 Å². The van der Waals surface area contributed by atoms with Gasteiger partial charge in [0.2, 0.25) is 5.82 Å². The van der Waals surface area contributed by atoms with Crippen LogP contribution in [-0.4, -0.2) is 49.4 Å². The highest BCUT2D eigenvalue weighted by atomic mass is 32.2. The maximum absolute atomic E-state index is 13.7. The molecule has 0 bridgehead atoms. The van der Waals surface area contributed by atoms with Crippen LogP contribution in [0, 0.1) is 0 Å². The van der Waals surface area contributed by atoms with E-state index < -0.39 is 38.7 Å². The van der Waals surface area contributed by atoms with Crippen LogP contribution < -0.4 is 13.8 Å². The summed E-state index contributed by atoms with van der Waals surface area (Å²) >= 11 is 0. The van der Waals surface area contributed by atoms with E-state index in [0.29, 0.717) is 22.9 Å². The van der Waals surface area contributed by atoms with Crippen LogP contribution in [0.5, 0.6) is 11.5 Å². The molecule has 0 saturated carbocycles. The highest BCUT2D eigenvalue weighted by Gasteiger charge is 2.37. The fourth-order valence-corrected chi connectivity index (χ4v) is 5.89. The largest absolute Gasteiger partial charge is 0.496 e. The molecule has 1 aliphatic rings. The first kappa shape index (κ1) is 28.0. The van der Waals surface area contributed by atoms with Gasteiger partial charge >= 0.3 is 12.1 Å². The molecular weight excluding hydrogens is 567 g/mol. The van der Waals surface area contributed by atoms with Crippen molar-refractivity contribution >= 4 is 21.7 Å². The molecule has 4 aromatic rings. The van der Waals surface area contributed by atoms with Gasteiger partial charge < -0.3 is 19.1 Å². The maximum atomic E-state index is 13.7. The number of nitrogens with zero attached hydrogens (tertiary/aromatic N) is 3. The third kappa shape index (κ3) is 5.68. The summed E-state index contributed by atoms with van der Waals surface area (Å²) in [5, 5.41) is 13.1. The van der Waals surface area contributed by atoms with Crippen molar-refractivity contribution in [1.82, 2.24) is 10.1 Å². The topological polar surface area (TPSA) is 132 Å². The highest BCUT2D eigenvalue weighted by Crippen LogP contribution is 2.41. The average Bonchev–Trinajstić information content (AvgIpc) is 3.45. The molecule has 1 aliphatic heterocycles. The number of carbonyl (C=O) groups is 1. The molecular formula is C27H22F3N3O7S. The molecule has 10 nitrogen and oxygen atoms in total. The predicted molar refractivity (Wildman–Crippen MR) is 139 cm³/mol. The third-order valence-electron chi connectivity index (χ3n) is 6.34. The zero-order valence-corrected chi connectivity index (χ0v) is 22.1. The molecule has 14 heteroatoms. The van der Waals surface area contributed by atoms with Crippen LogP contribution in [0.15, 0.2) is 76.1 Å². The van der Waals surface area contributed by atoms with Crippen LogP contribution in [0.25, 0.3) is 22.8 Å². The number of alkyl halides is 3. The molecule has 41 heavy (non-hydrogen) atoms. The highest BCUT2D eigenvalue weighted by molar-refractivity contribution is 7.92. The van der Waals surface area contributed by atoms with E-state index in [9.17, 15) is 26.4 Å². The van der Waals surface area contributed by atoms with Crippen LogP contribution >= 0.6 is 0 Å². The Morgan fingerprint density at radius 1 is 1.12 bits per heavy atom. The van der Waals surface area contributed by atoms with Crippen molar-refractivity contribution in [3.05, 3.63) is 72.3 Å². The van der Waals surface area contributed by atoms with Crippen LogP contribution in [0.3, 0.4) is 0 Å². The standard InChI is InChI=1S/C27H22F3N3O7S/c1-38-22-8-3-2-7-20(22)26-31-25(32-40-26)16-9-11-23-21(13-16)33(15-18(39-23)10-12-24(34)35)41(36,37)19-6-4-5-17(14-19)27(28,29)30/h2-9,11,13-14,18H,10,12,15H2,1H3,(H,34,35)/t18-/m0/s1. The van der Waals surface area contributed by atoms with Crippen LogP contribution in [0.2, 0.25) is 0 Å². The van der Waals surface area contributed by atoms with Crippen LogP contribution in [0.1, 0.15) is 18.4 Å². The average molecular weight is 590 g/mol. The molecule has 1 atom stereocenters. The molecule has 2 heterocycles. The molecule has 214 valence electrons. The van der Waals surface area contributed by atoms with Crippen molar-refractivity contribution in [3.63, 3.8) is 0 Å². The summed E-state index contributed by atoms with van der Waals surface area (Å²) in [6.45, 7) is -0.332. The number of sulfonamides is 1. The van der Waals surface area contributed by atoms with Gasteiger partial charge in [-0.3, -0.25) is 9.10 Å². The molecule has 0 saturated heterocycles. The monoisotopic (exact) mass is 589 g/mol. The summed E-state index contributed by atoms with van der Waals surface area (Å²) in [5.41, 5.74) is -0.232. The second-order valence-electron chi connectivity index (χ2n) is 9.04. The zero-order valence-electron chi connectivity index (χ0n) is 21.3. The van der Waals surface area contributed by atoms with E-state index in [1.807, 2.05) is 0 Å². The normalized spacial score (nSPS) is 15.2. The summed E-state index contributed by atoms with van der Waals surface area (Å²) in [7, 11) is -3.06. The van der Waals surface area contributed by atoms with E-state index in [-0.39, 0.29) is 42.5 Å². The Hall–Kier alpha value is -4.59. The van der Waals surface area contributed by atoms with Gasteiger partial charge in [0.05, 0.1) is 35.4 Å². The number of fused-ring (bicyclic) bond motifs is 1. The number of carboxylic acids is 1. The lowest BCUT2D eigenvalue weighted by Gasteiger charge is -2.35. The first-order valence-corrected chi connectivity index (χ1v) is 13.6. The Morgan fingerprint density at radius 2 is 1.90 bits per heavy atom. The summed E-state index contributed by atoms with van der Waals surface area (Å²) in [5.74, 6) is -0.261. The molecule has 0 amide bonds. The van der Waals surface area contributed by atoms with Crippen molar-refractivity contribution in [2.75, 3.05) is 18.0 Å². The number of rotatable bonds is 8. The third-order valence-corrected chi connectivity index (χ3v) is 8.12. The minimum absolute atomic E-state index is 0.0233. The van der Waals surface area contributed by atoms with Gasteiger partial charge in [0, 0.05) is 12.0 Å². The second-order valence-corrected chi connectivity index (χ2v) is 10.9. The SMILES string of the molecule is COc1ccccc1-c1nc(-c2ccc3c(c2)N(S(=O)(=O)c2cccc(C(F)(F)F)c2)C[C@H](CCC(=O)O)O3)no1. The number of carboxylic acid groups (broad SMARTS) is 1. The molecule has 0 fully saturated rings. The fourth-order valence-electron chi connectivity index (χ4n) is 4.35. The van der Waals surface area contributed by atoms with Gasteiger partial charge in [-0.15, -0.1) is 0 Å². The number of hydrogen-bond donors (Lipinski definition) is 1. The number of methoxy groups -OCH3 is 1. The molecule has 1 aromatic heterocycles. The number of halogens is 3. The first-order chi connectivity index (χ1) is 19.5. The van der Waals surface area contributed by atoms with E-state index in [1.165, 1.54) is 19.2 Å². The van der Waals surface area contributed by atoms with Gasteiger partial charge in [0.1, 0.15) is 17.6 Å². The Labute approximate surface area is 232 Å². The second kappa shape index (κ2) is 10.8. The minimum Gasteiger partial charge on any atom is -0.496 e. The number of hydrogen-bond acceptors (Lipinski definition) is 8. The molecule has 0 aliphatic carbocycles. The van der Waals surface area contributed by atoms with Crippen LogP contribution in [0.4, 0.5) is 18.9 Å². The molecule has 1 N–H and O–H groups in total. The Morgan fingerprint density at radius 3 is 2.63 bits per heavy atom. The number of aliphatic carboxylic acids is 1. The van der Waals surface area contributed by atoms with Crippen LogP contribution in [-0.2, 0) is 21.0 Å². The summed E-state index contributed by atoms with van der Waals surface area (Å²) in [6, 6.07) is 14.8. The lowest BCUT2D eigenvalue weighted by atomic mass is 10.1. The number of anilines is 1. The van der Waals surface area contributed by atoms with Gasteiger partial charge in [-0.05, 0) is 55.0 Å². The van der Waals surface area contributed by atoms with Crippen molar-refractivity contribution in [3.8, 4) is 34.3 Å². The molecule has 5 rings (SSSR count). The van der Waals surface area contributed by atoms with Gasteiger partial charge in [-0.25, -0.2) is 8.42 Å². The minimum atomic E-state index is -4.76. The van der Waals surface area contributed by atoms with Gasteiger partial charge in [0.25, 0.3) is 15.9 Å². The van der Waals surface area contributed by atoms with Crippen molar-refractivity contribution in [2.24, 2.45) is 0 Å². The lowest BCUT2D eigenvalue weighted by Crippen LogP contribution is -2.43. The van der Waals surface area contributed by atoms with Gasteiger partial charge in [-0.2, -0.15) is 18.2 Å². The van der Waals surface area contributed by atoms with E-state index in [2.05, 4.69) is 10.1 Å². The fraction of sp³-hybridized carbons (Fsp3) is 0.222. The maximum Gasteiger partial charge on any atom is 0.416 e. The Kier molecular flexibility index (Phi) is 7.34. The molecule has 0 radical (unpaired) electrons. The van der Waals surface area contributed by atoms with E-state index in [4.69, 9.17) is 19.1 Å². The van der Waals surface area contributed by atoms with Crippen molar-refractivity contribution < 1.29 is 45.5 Å². The number of ether oxygens (including phenoxy) is 2. The van der Waals surface area contributed by atoms with E-state index >= 15 is 0 Å². The first-order valence-electron chi connectivity index (χ1n) is 12.2. The van der Waals surface area contributed by atoms with Gasteiger partial charge in [-0.1, -0.05) is 23.4 Å². The Balaban J connectivity index is 1.56. The number of para-hydroxylation sites is 1. The van der Waals surface area contributed by atoms with Crippen molar-refractivity contribution in [2.45, 2.75) is 30.0 Å². The van der Waals surface area contributed by atoms with E-state index in [1.54, 1.807) is 30.3 Å². The summed E-state index contributed by atoms with van der Waals surface area (Å²) in [4.78, 5) is 15.0. The van der Waals surface area contributed by atoms with E-state index in [0.717, 1.165) is 22.5 Å². The molecule has 0 unspecified atom stereocenters. The number of aromatic nitrogens is 2. The Bertz CT molecular complexity index is 1710. The molecule has 3 aromatic carbocycles. The quantitative estimate of drug-likeness (QED) is 0.293.